The highest BCUT2D eigenvalue weighted by Gasteiger charge is 2.01. The van der Waals surface area contributed by atoms with Crippen molar-refractivity contribution in [3.05, 3.63) is 47.8 Å². The molecule has 2 N–H and O–H groups in total. The molecule has 1 aromatic heterocycles. The lowest BCUT2D eigenvalue weighted by Crippen LogP contribution is -1.93. The van der Waals surface area contributed by atoms with E-state index in [1.54, 1.807) is 0 Å². The molecule has 0 aliphatic carbocycles. The molecule has 0 saturated heterocycles. The van der Waals surface area contributed by atoms with Gasteiger partial charge in [0.2, 0.25) is 0 Å². The fraction of sp³-hybridized carbons (Fsp3) is 0.214. The van der Waals surface area contributed by atoms with Crippen LogP contribution in [0.25, 0.3) is 11.1 Å². The highest BCUT2D eigenvalue weighted by Crippen LogP contribution is 2.23. The number of anilines is 1. The molecule has 2 heteroatoms. The number of pyridine rings is 1. The second kappa shape index (κ2) is 4.35. The van der Waals surface area contributed by atoms with E-state index in [1.807, 2.05) is 31.3 Å². The molecule has 2 nitrogen and oxygen atoms in total. The lowest BCUT2D eigenvalue weighted by Gasteiger charge is -2.07. The summed E-state index contributed by atoms with van der Waals surface area (Å²) >= 11 is 0. The first-order valence-electron chi connectivity index (χ1n) is 5.52. The van der Waals surface area contributed by atoms with Crippen LogP contribution in [0.2, 0.25) is 0 Å². The maximum atomic E-state index is 5.89. The molecule has 0 spiro atoms. The summed E-state index contributed by atoms with van der Waals surface area (Å²) in [5.74, 6) is 0. The molecule has 0 radical (unpaired) electrons. The van der Waals surface area contributed by atoms with Gasteiger partial charge in [0.05, 0.1) is 0 Å². The van der Waals surface area contributed by atoms with E-state index >= 15 is 0 Å². The average molecular weight is 212 g/mol. The minimum absolute atomic E-state index is 0.867. The molecule has 82 valence electrons. The molecule has 0 bridgehead atoms. The second-order valence-corrected chi connectivity index (χ2v) is 3.96. The SMILES string of the molecule is CCc1cc(-c2ccc(C)nc2)ccc1N. The largest absolute Gasteiger partial charge is 0.399 e. The molecular weight excluding hydrogens is 196 g/mol. The van der Waals surface area contributed by atoms with E-state index in [4.69, 9.17) is 5.73 Å². The van der Waals surface area contributed by atoms with Crippen molar-refractivity contribution in [3.63, 3.8) is 0 Å². The van der Waals surface area contributed by atoms with Gasteiger partial charge in [-0.2, -0.15) is 0 Å². The monoisotopic (exact) mass is 212 g/mol. The minimum atomic E-state index is 0.867. The second-order valence-electron chi connectivity index (χ2n) is 3.96. The van der Waals surface area contributed by atoms with E-state index in [1.165, 1.54) is 11.1 Å². The molecule has 0 amide bonds. The smallest absolute Gasteiger partial charge is 0.0373 e. The van der Waals surface area contributed by atoms with E-state index in [-0.39, 0.29) is 0 Å². The normalized spacial score (nSPS) is 10.4. The lowest BCUT2D eigenvalue weighted by atomic mass is 10.0. The molecule has 0 atom stereocenters. The Hall–Kier alpha value is -1.83. The Bertz CT molecular complexity index is 487. The van der Waals surface area contributed by atoms with Crippen LogP contribution in [0.1, 0.15) is 18.2 Å². The van der Waals surface area contributed by atoms with Crippen molar-refractivity contribution < 1.29 is 0 Å². The topological polar surface area (TPSA) is 38.9 Å². The van der Waals surface area contributed by atoms with Crippen molar-refractivity contribution in [2.45, 2.75) is 20.3 Å². The van der Waals surface area contributed by atoms with Gasteiger partial charge in [-0.05, 0) is 42.7 Å². The molecule has 16 heavy (non-hydrogen) atoms. The van der Waals surface area contributed by atoms with Crippen molar-refractivity contribution in [2.24, 2.45) is 0 Å². The Labute approximate surface area is 96.1 Å². The van der Waals surface area contributed by atoms with E-state index in [9.17, 15) is 0 Å². The summed E-state index contributed by atoms with van der Waals surface area (Å²) < 4.78 is 0. The van der Waals surface area contributed by atoms with Crippen LogP contribution in [0.15, 0.2) is 36.5 Å². The van der Waals surface area contributed by atoms with E-state index in [0.29, 0.717) is 0 Å². The predicted octanol–water partition coefficient (Wildman–Crippen LogP) is 3.20. The fourth-order valence-electron chi connectivity index (χ4n) is 1.73. The Kier molecular flexibility index (Phi) is 2.91. The van der Waals surface area contributed by atoms with Gasteiger partial charge in [0.1, 0.15) is 0 Å². The number of hydrogen-bond donors (Lipinski definition) is 1. The van der Waals surface area contributed by atoms with Crippen LogP contribution < -0.4 is 5.73 Å². The van der Waals surface area contributed by atoms with Gasteiger partial charge in [0.25, 0.3) is 0 Å². The summed E-state index contributed by atoms with van der Waals surface area (Å²) in [6, 6.07) is 10.3. The minimum Gasteiger partial charge on any atom is -0.399 e. The zero-order valence-corrected chi connectivity index (χ0v) is 9.70. The summed E-state index contributed by atoms with van der Waals surface area (Å²) in [5.41, 5.74) is 11.3. The molecule has 0 fully saturated rings. The van der Waals surface area contributed by atoms with Crippen LogP contribution in [-0.2, 0) is 6.42 Å². The van der Waals surface area contributed by atoms with Crippen LogP contribution >= 0.6 is 0 Å². The first-order valence-corrected chi connectivity index (χ1v) is 5.52. The van der Waals surface area contributed by atoms with Crippen LogP contribution in [-0.4, -0.2) is 4.98 Å². The van der Waals surface area contributed by atoms with Gasteiger partial charge in [-0.3, -0.25) is 4.98 Å². The molecule has 2 rings (SSSR count). The maximum Gasteiger partial charge on any atom is 0.0373 e. The molecule has 2 aromatic rings. The summed E-state index contributed by atoms with van der Waals surface area (Å²) in [7, 11) is 0. The van der Waals surface area contributed by atoms with E-state index in [0.717, 1.165) is 23.4 Å². The maximum absolute atomic E-state index is 5.89. The third-order valence-electron chi connectivity index (χ3n) is 2.77. The van der Waals surface area contributed by atoms with E-state index < -0.39 is 0 Å². The van der Waals surface area contributed by atoms with Crippen molar-refractivity contribution in [2.75, 3.05) is 5.73 Å². The number of nitrogen functional groups attached to an aromatic ring is 1. The average Bonchev–Trinajstić information content (AvgIpc) is 2.31. The summed E-state index contributed by atoms with van der Waals surface area (Å²) in [6.07, 6.45) is 2.86. The van der Waals surface area contributed by atoms with Crippen molar-refractivity contribution in [1.82, 2.24) is 4.98 Å². The van der Waals surface area contributed by atoms with Gasteiger partial charge in [0, 0.05) is 23.1 Å². The van der Waals surface area contributed by atoms with E-state index in [2.05, 4.69) is 24.0 Å². The quantitative estimate of drug-likeness (QED) is 0.776. The molecule has 0 aliphatic heterocycles. The highest BCUT2D eigenvalue weighted by atomic mass is 14.7. The number of hydrogen-bond acceptors (Lipinski definition) is 2. The Morgan fingerprint density at radius 1 is 1.12 bits per heavy atom. The third kappa shape index (κ3) is 2.06. The number of benzene rings is 1. The molecule has 1 heterocycles. The summed E-state index contributed by atoms with van der Waals surface area (Å²) in [6.45, 7) is 4.10. The van der Waals surface area contributed by atoms with Crippen molar-refractivity contribution >= 4 is 5.69 Å². The number of aryl methyl sites for hydroxylation is 2. The number of nitrogens with two attached hydrogens (primary N) is 1. The zero-order valence-electron chi connectivity index (χ0n) is 9.70. The van der Waals surface area contributed by atoms with Crippen molar-refractivity contribution in [3.8, 4) is 11.1 Å². The zero-order chi connectivity index (χ0) is 11.5. The Balaban J connectivity index is 2.44. The van der Waals surface area contributed by atoms with Gasteiger partial charge in [-0.25, -0.2) is 0 Å². The van der Waals surface area contributed by atoms with Crippen molar-refractivity contribution in [1.29, 1.82) is 0 Å². The molecule has 1 aromatic carbocycles. The van der Waals surface area contributed by atoms with Gasteiger partial charge in [-0.15, -0.1) is 0 Å². The summed E-state index contributed by atoms with van der Waals surface area (Å²) in [4.78, 5) is 4.30. The van der Waals surface area contributed by atoms with Crippen LogP contribution in [0.4, 0.5) is 5.69 Å². The fourth-order valence-corrected chi connectivity index (χ4v) is 1.73. The molecule has 0 saturated carbocycles. The highest BCUT2D eigenvalue weighted by molar-refractivity contribution is 5.67. The first-order chi connectivity index (χ1) is 7.70. The summed E-state index contributed by atoms with van der Waals surface area (Å²) in [5, 5.41) is 0. The number of nitrogens with zero attached hydrogens (tertiary/aromatic N) is 1. The number of rotatable bonds is 2. The molecular formula is C14H16N2. The standard InChI is InChI=1S/C14H16N2/c1-3-11-8-12(6-7-14(11)15)13-5-4-10(2)16-9-13/h4-9H,3,15H2,1-2H3. The number of aromatic nitrogens is 1. The molecule has 0 unspecified atom stereocenters. The lowest BCUT2D eigenvalue weighted by molar-refractivity contribution is 1.14. The Morgan fingerprint density at radius 3 is 2.50 bits per heavy atom. The molecule has 0 aliphatic rings. The van der Waals surface area contributed by atoms with Gasteiger partial charge < -0.3 is 5.73 Å². The van der Waals surface area contributed by atoms with Gasteiger partial charge in [0.15, 0.2) is 0 Å². The first kappa shape index (κ1) is 10.7. The van der Waals surface area contributed by atoms with Crippen LogP contribution in [0.3, 0.4) is 0 Å². The van der Waals surface area contributed by atoms with Crippen LogP contribution in [0, 0.1) is 6.92 Å². The van der Waals surface area contributed by atoms with Gasteiger partial charge >= 0.3 is 0 Å². The van der Waals surface area contributed by atoms with Gasteiger partial charge in [-0.1, -0.05) is 19.1 Å². The van der Waals surface area contributed by atoms with Crippen LogP contribution in [0.5, 0.6) is 0 Å². The Morgan fingerprint density at radius 2 is 1.88 bits per heavy atom. The predicted molar refractivity (Wildman–Crippen MR) is 68.2 cm³/mol. The third-order valence-corrected chi connectivity index (χ3v) is 2.77.